The van der Waals surface area contributed by atoms with Crippen LogP contribution in [0, 0.1) is 0 Å². The number of carbonyl (C=O) groups is 1. The van der Waals surface area contributed by atoms with Crippen LogP contribution in [-0.4, -0.2) is 17.6 Å². The van der Waals surface area contributed by atoms with E-state index in [-0.39, 0.29) is 17.9 Å². The predicted molar refractivity (Wildman–Crippen MR) is 92.5 cm³/mol. The van der Waals surface area contributed by atoms with Crippen molar-refractivity contribution < 1.29 is 9.90 Å². The minimum atomic E-state index is -0.179. The lowest BCUT2D eigenvalue weighted by molar-refractivity contribution is -0.110. The first-order valence-corrected chi connectivity index (χ1v) is 7.98. The van der Waals surface area contributed by atoms with Gasteiger partial charge in [0.05, 0.1) is 17.3 Å². The maximum absolute atomic E-state index is 11.7. The lowest BCUT2D eigenvalue weighted by Gasteiger charge is -2.13. The molecule has 116 valence electrons. The molecule has 0 bridgehead atoms. The van der Waals surface area contributed by atoms with E-state index in [1.165, 1.54) is 5.56 Å². The average Bonchev–Trinajstić information content (AvgIpc) is 3.31. The number of fused-ring (bicyclic) bond motifs is 1. The van der Waals surface area contributed by atoms with Gasteiger partial charge >= 0.3 is 0 Å². The normalized spacial score (nSPS) is 17.8. The van der Waals surface area contributed by atoms with Gasteiger partial charge in [0.15, 0.2) is 0 Å². The van der Waals surface area contributed by atoms with E-state index in [4.69, 9.17) is 11.6 Å². The van der Waals surface area contributed by atoms with Crippen molar-refractivity contribution in [2.45, 2.75) is 18.3 Å². The first-order valence-electron chi connectivity index (χ1n) is 7.60. The van der Waals surface area contributed by atoms with Gasteiger partial charge in [0.1, 0.15) is 0 Å². The fourth-order valence-electron chi connectivity index (χ4n) is 3.16. The summed E-state index contributed by atoms with van der Waals surface area (Å²) in [5, 5.41) is 12.9. The molecule has 0 atom stereocenters. The maximum atomic E-state index is 11.7. The third kappa shape index (κ3) is 2.19. The fraction of sp³-hybridized carbons (Fsp3) is 0.211. The van der Waals surface area contributed by atoms with E-state index in [1.54, 1.807) is 6.07 Å². The Balaban J connectivity index is 1.74. The molecule has 2 aromatic rings. The molecule has 0 spiro atoms. The number of benzene rings is 2. The number of hydrogen-bond acceptors (Lipinski definition) is 2. The van der Waals surface area contributed by atoms with Gasteiger partial charge in [-0.3, -0.25) is 4.79 Å². The zero-order chi connectivity index (χ0) is 16.2. The quantitative estimate of drug-likeness (QED) is 0.838. The Hall–Kier alpha value is -2.10. The molecule has 4 heteroatoms. The molecule has 3 nitrogen and oxygen atoms in total. The molecule has 4 rings (SSSR count). The molecule has 2 aliphatic rings. The summed E-state index contributed by atoms with van der Waals surface area (Å²) in [5.41, 5.74) is 4.97. The molecule has 1 aliphatic carbocycles. The first-order chi connectivity index (χ1) is 11.0. The highest BCUT2D eigenvalue weighted by Gasteiger charge is 2.43. The van der Waals surface area contributed by atoms with Crippen LogP contribution >= 0.6 is 11.6 Å². The summed E-state index contributed by atoms with van der Waals surface area (Å²) in [7, 11) is 0. The van der Waals surface area contributed by atoms with Gasteiger partial charge < -0.3 is 10.4 Å². The molecule has 1 heterocycles. The zero-order valence-corrected chi connectivity index (χ0v) is 13.3. The van der Waals surface area contributed by atoms with Gasteiger partial charge in [0.25, 0.3) is 5.91 Å². The van der Waals surface area contributed by atoms with Crippen LogP contribution in [0.2, 0.25) is 5.02 Å². The smallest absolute Gasteiger partial charge is 0.255 e. The van der Waals surface area contributed by atoms with Crippen LogP contribution in [0.1, 0.15) is 24.0 Å². The highest BCUT2D eigenvalue weighted by atomic mass is 35.5. The fourth-order valence-corrected chi connectivity index (χ4v) is 3.43. The summed E-state index contributed by atoms with van der Waals surface area (Å²) in [5.74, 6) is -0.179. The van der Waals surface area contributed by atoms with Crippen LogP contribution < -0.4 is 5.32 Å². The molecule has 1 aliphatic heterocycles. The molecule has 0 unspecified atom stereocenters. The Morgan fingerprint density at radius 1 is 1.17 bits per heavy atom. The summed E-state index contributed by atoms with van der Waals surface area (Å²) in [4.78, 5) is 11.7. The minimum absolute atomic E-state index is 0.0368. The van der Waals surface area contributed by atoms with E-state index in [0.717, 1.165) is 29.5 Å². The van der Waals surface area contributed by atoms with Crippen LogP contribution in [0.3, 0.4) is 0 Å². The van der Waals surface area contributed by atoms with E-state index >= 15 is 0 Å². The first kappa shape index (κ1) is 14.5. The molecule has 2 N–H and O–H groups in total. The molecule has 1 fully saturated rings. The van der Waals surface area contributed by atoms with Gasteiger partial charge in [-0.1, -0.05) is 42.4 Å². The lowest BCUT2D eigenvalue weighted by Crippen LogP contribution is -2.11. The van der Waals surface area contributed by atoms with Crippen LogP contribution in [0.5, 0.6) is 0 Å². The third-order valence-corrected chi connectivity index (χ3v) is 5.23. The monoisotopic (exact) mass is 325 g/mol. The number of hydrogen-bond donors (Lipinski definition) is 2. The van der Waals surface area contributed by atoms with Crippen LogP contribution in [0.25, 0.3) is 16.7 Å². The largest absolute Gasteiger partial charge is 0.395 e. The Morgan fingerprint density at radius 3 is 2.48 bits per heavy atom. The summed E-state index contributed by atoms with van der Waals surface area (Å²) >= 11 is 6.39. The number of nitrogens with one attached hydrogen (secondary N) is 1. The van der Waals surface area contributed by atoms with Crippen molar-refractivity contribution >= 4 is 28.8 Å². The Bertz CT molecular complexity index is 835. The molecule has 0 aromatic heterocycles. The van der Waals surface area contributed by atoms with Gasteiger partial charge in [0, 0.05) is 22.1 Å². The second-order valence-corrected chi connectivity index (χ2v) is 6.73. The standard InChI is InChI=1S/C19H16ClNO2/c1-11-14-8-15(16(20)9-17(14)21-18(11)23)12-2-4-13(5-3-12)19(10-22)6-7-19/h2-5,8-9,22H,1,6-7,10H2,(H,21,23). The van der Waals surface area contributed by atoms with Crippen LogP contribution in [0.4, 0.5) is 5.69 Å². The Morgan fingerprint density at radius 2 is 1.87 bits per heavy atom. The van der Waals surface area contributed by atoms with Crippen molar-refractivity contribution in [3.8, 4) is 11.1 Å². The molecular weight excluding hydrogens is 310 g/mol. The van der Waals surface area contributed by atoms with Gasteiger partial charge in [-0.2, -0.15) is 0 Å². The van der Waals surface area contributed by atoms with Gasteiger partial charge in [-0.05, 0) is 36.1 Å². The molecule has 0 radical (unpaired) electrons. The van der Waals surface area contributed by atoms with Crippen molar-refractivity contribution in [3.63, 3.8) is 0 Å². The van der Waals surface area contributed by atoms with Gasteiger partial charge in [0.2, 0.25) is 0 Å². The minimum Gasteiger partial charge on any atom is -0.395 e. The molecular formula is C19H16ClNO2. The second-order valence-electron chi connectivity index (χ2n) is 6.33. The summed E-state index contributed by atoms with van der Waals surface area (Å²) in [6, 6.07) is 11.8. The molecule has 0 saturated heterocycles. The van der Waals surface area contributed by atoms with Crippen molar-refractivity contribution in [1.82, 2.24) is 0 Å². The number of rotatable bonds is 3. The summed E-state index contributed by atoms with van der Waals surface area (Å²) < 4.78 is 0. The molecule has 1 amide bonds. The van der Waals surface area contributed by atoms with Crippen LogP contribution in [0.15, 0.2) is 43.0 Å². The van der Waals surface area contributed by atoms with Crippen molar-refractivity contribution in [2.75, 3.05) is 11.9 Å². The van der Waals surface area contributed by atoms with Crippen LogP contribution in [-0.2, 0) is 10.2 Å². The van der Waals surface area contributed by atoms with Crippen molar-refractivity contribution in [3.05, 3.63) is 59.1 Å². The second kappa shape index (κ2) is 4.95. The van der Waals surface area contributed by atoms with E-state index in [1.807, 2.05) is 18.2 Å². The average molecular weight is 326 g/mol. The number of amides is 1. The highest BCUT2D eigenvalue weighted by Crippen LogP contribution is 2.48. The number of aliphatic hydroxyl groups excluding tert-OH is 1. The van der Waals surface area contributed by atoms with E-state index < -0.39 is 0 Å². The van der Waals surface area contributed by atoms with E-state index in [2.05, 4.69) is 24.0 Å². The third-order valence-electron chi connectivity index (χ3n) is 4.92. The summed E-state index contributed by atoms with van der Waals surface area (Å²) in [6.07, 6.45) is 2.08. The predicted octanol–water partition coefficient (Wildman–Crippen LogP) is 4.00. The van der Waals surface area contributed by atoms with Gasteiger partial charge in [-0.25, -0.2) is 0 Å². The highest BCUT2D eigenvalue weighted by molar-refractivity contribution is 6.36. The molecule has 23 heavy (non-hydrogen) atoms. The Labute approximate surface area is 139 Å². The SMILES string of the molecule is C=C1C(=O)Nc2cc(Cl)c(-c3ccc(C4(CO)CC4)cc3)cc21. The summed E-state index contributed by atoms with van der Waals surface area (Å²) in [6.45, 7) is 4.02. The van der Waals surface area contributed by atoms with Gasteiger partial charge in [-0.15, -0.1) is 0 Å². The number of aliphatic hydroxyl groups is 1. The number of anilines is 1. The topological polar surface area (TPSA) is 49.3 Å². The van der Waals surface area contributed by atoms with Crippen molar-refractivity contribution in [2.24, 2.45) is 0 Å². The zero-order valence-electron chi connectivity index (χ0n) is 12.5. The molecule has 2 aromatic carbocycles. The van der Waals surface area contributed by atoms with E-state index in [9.17, 15) is 9.90 Å². The lowest BCUT2D eigenvalue weighted by atomic mass is 9.93. The number of halogens is 1. The molecule has 1 saturated carbocycles. The maximum Gasteiger partial charge on any atom is 0.255 e. The number of carbonyl (C=O) groups excluding carboxylic acids is 1. The Kier molecular flexibility index (Phi) is 3.12. The van der Waals surface area contributed by atoms with Crippen molar-refractivity contribution in [1.29, 1.82) is 0 Å². The van der Waals surface area contributed by atoms with E-state index in [0.29, 0.717) is 16.3 Å².